The smallest absolute Gasteiger partial charge is 0.338 e. The zero-order valence-corrected chi connectivity index (χ0v) is 13.0. The Bertz CT molecular complexity index is 626. The highest BCUT2D eigenvalue weighted by molar-refractivity contribution is 9.10. The largest absolute Gasteiger partial charge is 0.452 e. The molecule has 0 radical (unpaired) electrons. The molecule has 0 aromatic heterocycles. The van der Waals surface area contributed by atoms with Crippen LogP contribution in [0, 0.1) is 0 Å². The second-order valence-corrected chi connectivity index (χ2v) is 5.29. The van der Waals surface area contributed by atoms with Gasteiger partial charge in [0, 0.05) is 17.2 Å². The van der Waals surface area contributed by atoms with Crippen molar-refractivity contribution >= 4 is 33.5 Å². The number of rotatable bonds is 4. The van der Waals surface area contributed by atoms with Crippen LogP contribution in [0.5, 0.6) is 0 Å². The van der Waals surface area contributed by atoms with Gasteiger partial charge in [-0.15, -0.1) is 0 Å². The Morgan fingerprint density at radius 2 is 1.67 bits per heavy atom. The summed E-state index contributed by atoms with van der Waals surface area (Å²) in [4.78, 5) is 25.2. The van der Waals surface area contributed by atoms with Crippen molar-refractivity contribution in [2.45, 2.75) is 0 Å². The number of amides is 1. The molecule has 0 fully saturated rings. The first-order valence-corrected chi connectivity index (χ1v) is 7.11. The van der Waals surface area contributed by atoms with Crippen LogP contribution in [0.25, 0.3) is 0 Å². The van der Waals surface area contributed by atoms with Gasteiger partial charge in [-0.2, -0.15) is 0 Å². The molecule has 0 aliphatic heterocycles. The van der Waals surface area contributed by atoms with Gasteiger partial charge in [-0.25, -0.2) is 4.79 Å². The number of esters is 1. The van der Waals surface area contributed by atoms with E-state index in [-0.39, 0.29) is 12.5 Å². The zero-order chi connectivity index (χ0) is 15.2. The first-order chi connectivity index (χ1) is 10.1. The summed E-state index contributed by atoms with van der Waals surface area (Å²) in [5, 5.41) is 0. The summed E-state index contributed by atoms with van der Waals surface area (Å²) >= 11 is 3.29. The van der Waals surface area contributed by atoms with Crippen molar-refractivity contribution in [3.63, 3.8) is 0 Å². The molecule has 0 heterocycles. The highest BCUT2D eigenvalue weighted by atomic mass is 79.9. The fourth-order valence-electron chi connectivity index (χ4n) is 1.69. The molecule has 4 nitrogen and oxygen atoms in total. The summed E-state index contributed by atoms with van der Waals surface area (Å²) in [5.41, 5.74) is 1.16. The van der Waals surface area contributed by atoms with Gasteiger partial charge in [-0.05, 0) is 36.4 Å². The summed E-state index contributed by atoms with van der Waals surface area (Å²) in [6.07, 6.45) is 0. The number of halogens is 1. The summed E-state index contributed by atoms with van der Waals surface area (Å²) in [6.45, 7) is -0.291. The number of hydrogen-bond acceptors (Lipinski definition) is 3. The third-order valence-electron chi connectivity index (χ3n) is 2.92. The van der Waals surface area contributed by atoms with Gasteiger partial charge in [0.2, 0.25) is 0 Å². The molecule has 5 heteroatoms. The summed E-state index contributed by atoms with van der Waals surface area (Å²) in [7, 11) is 1.64. The van der Waals surface area contributed by atoms with Crippen LogP contribution >= 0.6 is 15.9 Å². The number of hydrogen-bond donors (Lipinski definition) is 0. The molecule has 0 saturated heterocycles. The number of likely N-dealkylation sites (N-methyl/N-ethyl adjacent to an activating group) is 1. The predicted octanol–water partition coefficient (Wildman–Crippen LogP) is 3.27. The number of anilines is 1. The fourth-order valence-corrected chi connectivity index (χ4v) is 1.95. The molecule has 0 saturated carbocycles. The molecule has 1 amide bonds. The highest BCUT2D eigenvalue weighted by Crippen LogP contribution is 2.13. The second-order valence-electron chi connectivity index (χ2n) is 4.37. The lowest BCUT2D eigenvalue weighted by molar-refractivity contribution is -0.121. The molecular formula is C16H14BrNO3. The van der Waals surface area contributed by atoms with Gasteiger partial charge in [-0.3, -0.25) is 4.79 Å². The van der Waals surface area contributed by atoms with Crippen molar-refractivity contribution in [1.29, 1.82) is 0 Å². The van der Waals surface area contributed by atoms with Gasteiger partial charge in [0.1, 0.15) is 0 Å². The van der Waals surface area contributed by atoms with E-state index in [1.807, 2.05) is 30.3 Å². The molecule has 2 aromatic rings. The van der Waals surface area contributed by atoms with Crippen molar-refractivity contribution < 1.29 is 14.3 Å². The third-order valence-corrected chi connectivity index (χ3v) is 3.45. The fraction of sp³-hybridized carbons (Fsp3) is 0.125. The lowest BCUT2D eigenvalue weighted by Gasteiger charge is -2.17. The molecule has 0 atom stereocenters. The Morgan fingerprint density at radius 1 is 1.05 bits per heavy atom. The average Bonchev–Trinajstić information content (AvgIpc) is 2.53. The van der Waals surface area contributed by atoms with Gasteiger partial charge >= 0.3 is 5.97 Å². The summed E-state index contributed by atoms with van der Waals surface area (Å²) < 4.78 is 5.90. The molecule has 2 rings (SSSR count). The number of nitrogens with zero attached hydrogens (tertiary/aromatic N) is 1. The van der Waals surface area contributed by atoms with Crippen LogP contribution in [0.1, 0.15) is 10.4 Å². The van der Waals surface area contributed by atoms with Crippen LogP contribution in [0.3, 0.4) is 0 Å². The van der Waals surface area contributed by atoms with Crippen LogP contribution < -0.4 is 4.90 Å². The Kier molecular flexibility index (Phi) is 5.11. The van der Waals surface area contributed by atoms with Crippen molar-refractivity contribution in [2.24, 2.45) is 0 Å². The van der Waals surface area contributed by atoms with Crippen molar-refractivity contribution in [1.82, 2.24) is 0 Å². The molecule has 108 valence electrons. The third kappa shape index (κ3) is 4.16. The van der Waals surface area contributed by atoms with Crippen molar-refractivity contribution in [3.8, 4) is 0 Å². The second kappa shape index (κ2) is 7.04. The molecular weight excluding hydrogens is 334 g/mol. The van der Waals surface area contributed by atoms with Gasteiger partial charge in [-0.1, -0.05) is 34.1 Å². The van der Waals surface area contributed by atoms with Gasteiger partial charge in [0.15, 0.2) is 6.61 Å². The van der Waals surface area contributed by atoms with Gasteiger partial charge < -0.3 is 9.64 Å². The first kappa shape index (κ1) is 15.3. The maximum Gasteiger partial charge on any atom is 0.338 e. The first-order valence-electron chi connectivity index (χ1n) is 6.32. The van der Waals surface area contributed by atoms with E-state index >= 15 is 0 Å². The van der Waals surface area contributed by atoms with Gasteiger partial charge in [0.05, 0.1) is 5.56 Å². The van der Waals surface area contributed by atoms with Crippen LogP contribution in [0.2, 0.25) is 0 Å². The number of benzene rings is 2. The van der Waals surface area contributed by atoms with Crippen molar-refractivity contribution in [2.75, 3.05) is 18.6 Å². The number of para-hydroxylation sites is 1. The Balaban J connectivity index is 1.92. The van der Waals surface area contributed by atoms with E-state index in [1.165, 1.54) is 4.90 Å². The standard InChI is InChI=1S/C16H14BrNO3/c1-18(14-5-3-2-4-6-14)15(19)11-21-16(20)12-7-9-13(17)10-8-12/h2-10H,11H2,1H3. The molecule has 0 spiro atoms. The van der Waals surface area contributed by atoms with Crippen LogP contribution in [0.4, 0.5) is 5.69 Å². The minimum absolute atomic E-state index is 0.285. The lowest BCUT2D eigenvalue weighted by atomic mass is 10.2. The zero-order valence-electron chi connectivity index (χ0n) is 11.5. The topological polar surface area (TPSA) is 46.6 Å². The molecule has 0 unspecified atom stereocenters. The number of carbonyl (C=O) groups is 2. The Hall–Kier alpha value is -2.14. The quantitative estimate of drug-likeness (QED) is 0.797. The SMILES string of the molecule is CN(C(=O)COC(=O)c1ccc(Br)cc1)c1ccccc1. The van der Waals surface area contributed by atoms with Crippen LogP contribution in [-0.4, -0.2) is 25.5 Å². The predicted molar refractivity (Wildman–Crippen MR) is 84.3 cm³/mol. The molecule has 0 aliphatic rings. The number of carbonyl (C=O) groups excluding carboxylic acids is 2. The Labute approximate surface area is 131 Å². The summed E-state index contributed by atoms with van der Waals surface area (Å²) in [5.74, 6) is -0.802. The molecule has 2 aromatic carbocycles. The molecule has 0 aliphatic carbocycles. The molecule has 0 N–H and O–H groups in total. The monoisotopic (exact) mass is 347 g/mol. The van der Waals surface area contributed by atoms with E-state index in [4.69, 9.17) is 4.74 Å². The van der Waals surface area contributed by atoms with Crippen molar-refractivity contribution in [3.05, 3.63) is 64.6 Å². The van der Waals surface area contributed by atoms with E-state index in [9.17, 15) is 9.59 Å². The highest BCUT2D eigenvalue weighted by Gasteiger charge is 2.14. The average molecular weight is 348 g/mol. The maximum absolute atomic E-state index is 12.0. The van der Waals surface area contributed by atoms with E-state index in [0.717, 1.165) is 10.2 Å². The van der Waals surface area contributed by atoms with E-state index in [2.05, 4.69) is 15.9 Å². The number of ether oxygens (including phenoxy) is 1. The van der Waals surface area contributed by atoms with Crippen LogP contribution in [0.15, 0.2) is 59.1 Å². The lowest BCUT2D eigenvalue weighted by Crippen LogP contribution is -2.31. The summed E-state index contributed by atoms with van der Waals surface area (Å²) in [6, 6.07) is 15.9. The minimum Gasteiger partial charge on any atom is -0.452 e. The molecule has 0 bridgehead atoms. The van der Waals surface area contributed by atoms with Gasteiger partial charge in [0.25, 0.3) is 5.91 Å². The van der Waals surface area contributed by atoms with E-state index < -0.39 is 5.97 Å². The maximum atomic E-state index is 12.0. The van der Waals surface area contributed by atoms with E-state index in [0.29, 0.717) is 5.56 Å². The van der Waals surface area contributed by atoms with E-state index in [1.54, 1.807) is 31.3 Å². The Morgan fingerprint density at radius 3 is 2.29 bits per heavy atom. The molecule has 21 heavy (non-hydrogen) atoms. The normalized spacial score (nSPS) is 10.0. The minimum atomic E-state index is -0.516. The van der Waals surface area contributed by atoms with Crippen LogP contribution in [-0.2, 0) is 9.53 Å².